The van der Waals surface area contributed by atoms with Crippen LogP contribution in [0.25, 0.3) is 0 Å². The first-order valence-electron chi connectivity index (χ1n) is 11.0. The van der Waals surface area contributed by atoms with Crippen LogP contribution in [-0.2, 0) is 24.3 Å². The topological polar surface area (TPSA) is 76.4 Å². The zero-order valence-electron chi connectivity index (χ0n) is 17.3. The molecule has 154 valence electrons. The van der Waals surface area contributed by atoms with Crippen molar-refractivity contribution in [3.63, 3.8) is 0 Å². The molecule has 7 heteroatoms. The Morgan fingerprint density at radius 1 is 1.21 bits per heavy atom. The van der Waals surface area contributed by atoms with Gasteiger partial charge in [0.2, 0.25) is 0 Å². The first-order valence-corrected chi connectivity index (χ1v) is 11.0. The van der Waals surface area contributed by atoms with Crippen LogP contribution in [0.3, 0.4) is 0 Å². The summed E-state index contributed by atoms with van der Waals surface area (Å²) < 4.78 is 7.19. The van der Waals surface area contributed by atoms with Gasteiger partial charge < -0.3 is 15.4 Å². The lowest BCUT2D eigenvalue weighted by Gasteiger charge is -2.57. The lowest BCUT2D eigenvalue weighted by molar-refractivity contribution is -0.0492. The Morgan fingerprint density at radius 3 is 2.57 bits per heavy atom. The van der Waals surface area contributed by atoms with E-state index >= 15 is 0 Å². The van der Waals surface area contributed by atoms with E-state index in [2.05, 4.69) is 25.7 Å². The quantitative estimate of drug-likeness (QED) is 0.599. The summed E-state index contributed by atoms with van der Waals surface area (Å²) in [6.45, 7) is 2.39. The summed E-state index contributed by atoms with van der Waals surface area (Å²) in [5, 5.41) is 11.9. The van der Waals surface area contributed by atoms with Gasteiger partial charge in [-0.2, -0.15) is 5.10 Å². The van der Waals surface area contributed by atoms with Gasteiger partial charge in [-0.05, 0) is 68.1 Å². The van der Waals surface area contributed by atoms with Crippen molar-refractivity contribution in [2.24, 2.45) is 28.2 Å². The van der Waals surface area contributed by atoms with Crippen LogP contribution in [0.4, 0.5) is 0 Å². The third-order valence-electron chi connectivity index (χ3n) is 7.54. The molecule has 2 heterocycles. The maximum absolute atomic E-state index is 5.16. The number of methoxy groups -OCH3 is 1. The van der Waals surface area contributed by atoms with Crippen LogP contribution in [0.1, 0.15) is 56.6 Å². The van der Waals surface area contributed by atoms with Crippen molar-refractivity contribution in [3.05, 3.63) is 11.6 Å². The van der Waals surface area contributed by atoms with Crippen LogP contribution < -0.4 is 10.6 Å². The molecule has 4 saturated carbocycles. The molecule has 4 fully saturated rings. The minimum absolute atomic E-state index is 0.340. The van der Waals surface area contributed by atoms with Crippen molar-refractivity contribution in [2.45, 2.75) is 70.6 Å². The highest BCUT2D eigenvalue weighted by atomic mass is 16.5. The molecule has 1 unspecified atom stereocenters. The standard InChI is InChI=1S/C21H34N6O/c1-22-20(23-13-21-8-14-5-15(9-21)7-16(6-14)10-21)24-17-3-4-19-25-18(12-28-2)26-27(19)11-17/h14-17H,3-13H2,1-2H3,(H2,22,23,24). The molecule has 28 heavy (non-hydrogen) atoms. The molecule has 0 amide bonds. The van der Waals surface area contributed by atoms with Crippen LogP contribution in [0.15, 0.2) is 4.99 Å². The molecule has 4 aliphatic carbocycles. The zero-order chi connectivity index (χ0) is 19.1. The van der Waals surface area contributed by atoms with Crippen molar-refractivity contribution in [2.75, 3.05) is 20.7 Å². The van der Waals surface area contributed by atoms with E-state index in [4.69, 9.17) is 4.74 Å². The molecule has 0 spiro atoms. The third kappa shape index (κ3) is 3.53. The fourth-order valence-electron chi connectivity index (χ4n) is 6.83. The minimum atomic E-state index is 0.340. The summed E-state index contributed by atoms with van der Waals surface area (Å²) in [4.78, 5) is 9.09. The largest absolute Gasteiger partial charge is 0.377 e. The summed E-state index contributed by atoms with van der Waals surface area (Å²) >= 11 is 0. The molecule has 1 aromatic heterocycles. The van der Waals surface area contributed by atoms with E-state index in [1.54, 1.807) is 7.11 Å². The molecular weight excluding hydrogens is 352 g/mol. The van der Waals surface area contributed by atoms with Crippen LogP contribution >= 0.6 is 0 Å². The van der Waals surface area contributed by atoms with Gasteiger partial charge in [0.15, 0.2) is 11.8 Å². The van der Waals surface area contributed by atoms with Gasteiger partial charge in [0.25, 0.3) is 0 Å². The summed E-state index contributed by atoms with van der Waals surface area (Å²) in [5.74, 6) is 5.78. The molecule has 1 aliphatic heterocycles. The van der Waals surface area contributed by atoms with Crippen LogP contribution in [-0.4, -0.2) is 47.5 Å². The molecular formula is C21H34N6O. The number of aromatic nitrogens is 3. The van der Waals surface area contributed by atoms with Gasteiger partial charge in [-0.15, -0.1) is 0 Å². The van der Waals surface area contributed by atoms with Gasteiger partial charge in [-0.25, -0.2) is 9.67 Å². The fourth-order valence-corrected chi connectivity index (χ4v) is 6.83. The molecule has 5 aliphatic rings. The number of nitrogens with one attached hydrogen (secondary N) is 2. The summed E-state index contributed by atoms with van der Waals surface area (Å²) in [7, 11) is 3.57. The van der Waals surface area contributed by atoms with Crippen molar-refractivity contribution in [1.82, 2.24) is 25.4 Å². The first-order chi connectivity index (χ1) is 13.6. The summed E-state index contributed by atoms with van der Waals surface area (Å²) in [5.41, 5.74) is 0.521. The molecule has 7 nitrogen and oxygen atoms in total. The van der Waals surface area contributed by atoms with E-state index < -0.39 is 0 Å². The van der Waals surface area contributed by atoms with Gasteiger partial charge in [0, 0.05) is 33.2 Å². The average Bonchev–Trinajstić information content (AvgIpc) is 3.06. The van der Waals surface area contributed by atoms with E-state index in [1.165, 1.54) is 38.5 Å². The number of fused-ring (bicyclic) bond motifs is 1. The summed E-state index contributed by atoms with van der Waals surface area (Å²) in [6, 6.07) is 0.340. The molecule has 0 saturated heterocycles. The van der Waals surface area contributed by atoms with E-state index in [1.807, 2.05) is 11.7 Å². The minimum Gasteiger partial charge on any atom is -0.377 e. The second-order valence-electron chi connectivity index (χ2n) is 9.78. The number of hydrogen-bond donors (Lipinski definition) is 2. The lowest BCUT2D eigenvalue weighted by Crippen LogP contribution is -2.54. The molecule has 1 aromatic rings. The molecule has 1 atom stereocenters. The zero-order valence-corrected chi connectivity index (χ0v) is 17.3. The van der Waals surface area contributed by atoms with Gasteiger partial charge in [0.05, 0.1) is 6.54 Å². The Balaban J connectivity index is 1.17. The second kappa shape index (κ2) is 7.32. The predicted octanol–water partition coefficient (Wildman–Crippen LogP) is 2.12. The van der Waals surface area contributed by atoms with Gasteiger partial charge in [-0.3, -0.25) is 4.99 Å². The number of ether oxygens (including phenoxy) is 1. The number of nitrogens with zero attached hydrogens (tertiary/aromatic N) is 4. The van der Waals surface area contributed by atoms with Gasteiger partial charge in [0.1, 0.15) is 12.4 Å². The van der Waals surface area contributed by atoms with Crippen molar-refractivity contribution >= 4 is 5.96 Å². The Kier molecular flexibility index (Phi) is 4.81. The summed E-state index contributed by atoms with van der Waals surface area (Å²) in [6.07, 6.45) is 10.8. The number of guanidine groups is 1. The van der Waals surface area contributed by atoms with E-state index in [9.17, 15) is 0 Å². The highest BCUT2D eigenvalue weighted by Crippen LogP contribution is 2.59. The monoisotopic (exact) mass is 386 g/mol. The van der Waals surface area contributed by atoms with E-state index in [0.29, 0.717) is 18.1 Å². The first kappa shape index (κ1) is 18.4. The normalized spacial score (nSPS) is 36.4. The third-order valence-corrected chi connectivity index (χ3v) is 7.54. The predicted molar refractivity (Wildman–Crippen MR) is 108 cm³/mol. The van der Waals surface area contributed by atoms with Crippen LogP contribution in [0.2, 0.25) is 0 Å². The van der Waals surface area contributed by atoms with Crippen LogP contribution in [0.5, 0.6) is 0 Å². The Labute approximate surface area is 167 Å². The van der Waals surface area contributed by atoms with Gasteiger partial charge >= 0.3 is 0 Å². The Hall–Kier alpha value is -1.63. The SMILES string of the molecule is CN=C(NCC12CC3CC(CC(C3)C1)C2)NC1CCc2nc(COC)nn2C1. The van der Waals surface area contributed by atoms with Crippen LogP contribution in [0, 0.1) is 23.2 Å². The fraction of sp³-hybridized carbons (Fsp3) is 0.857. The smallest absolute Gasteiger partial charge is 0.191 e. The molecule has 4 bridgehead atoms. The Bertz CT molecular complexity index is 706. The molecule has 0 radical (unpaired) electrons. The number of hydrogen-bond acceptors (Lipinski definition) is 4. The average molecular weight is 387 g/mol. The Morgan fingerprint density at radius 2 is 1.93 bits per heavy atom. The number of aliphatic imine (C=N–C) groups is 1. The number of aryl methyl sites for hydroxylation is 1. The lowest BCUT2D eigenvalue weighted by atomic mass is 9.49. The highest BCUT2D eigenvalue weighted by Gasteiger charge is 2.50. The molecule has 2 N–H and O–H groups in total. The maximum Gasteiger partial charge on any atom is 0.191 e. The number of rotatable bonds is 5. The maximum atomic E-state index is 5.16. The second-order valence-corrected chi connectivity index (χ2v) is 9.78. The van der Waals surface area contributed by atoms with Gasteiger partial charge in [-0.1, -0.05) is 0 Å². The molecule has 0 aromatic carbocycles. The van der Waals surface area contributed by atoms with E-state index in [-0.39, 0.29) is 0 Å². The highest BCUT2D eigenvalue weighted by molar-refractivity contribution is 5.80. The molecule has 6 rings (SSSR count). The van der Waals surface area contributed by atoms with Crippen molar-refractivity contribution < 1.29 is 4.74 Å². The van der Waals surface area contributed by atoms with Crippen molar-refractivity contribution in [3.8, 4) is 0 Å². The van der Waals surface area contributed by atoms with Crippen molar-refractivity contribution in [1.29, 1.82) is 0 Å². The van der Waals surface area contributed by atoms with E-state index in [0.717, 1.165) is 61.3 Å².